The highest BCUT2D eigenvalue weighted by Gasteiger charge is 2.07. The third kappa shape index (κ3) is 1.95. The first-order valence-electron chi connectivity index (χ1n) is 4.73. The summed E-state index contributed by atoms with van der Waals surface area (Å²) in [5.74, 6) is 0.0380. The first kappa shape index (κ1) is 10.4. The summed E-state index contributed by atoms with van der Waals surface area (Å²) in [6, 6.07) is 7.38. The largest absolute Gasteiger partial charge is 0.496 e. The van der Waals surface area contributed by atoms with Crippen molar-refractivity contribution in [2.75, 3.05) is 7.11 Å². The Hall–Kier alpha value is -2.10. The lowest BCUT2D eigenvalue weighted by Crippen LogP contribution is -2.02. The zero-order valence-electron chi connectivity index (χ0n) is 8.66. The molecule has 2 rings (SSSR count). The van der Waals surface area contributed by atoms with Crippen molar-refractivity contribution in [2.24, 2.45) is 0 Å². The van der Waals surface area contributed by atoms with E-state index in [-0.39, 0.29) is 11.4 Å². The summed E-state index contributed by atoms with van der Waals surface area (Å²) in [6.07, 6.45) is 1.54. The first-order valence-corrected chi connectivity index (χ1v) is 4.73. The number of H-pyrrole nitrogens is 1. The van der Waals surface area contributed by atoms with Gasteiger partial charge in [0.1, 0.15) is 11.6 Å². The van der Waals surface area contributed by atoms with Crippen molar-refractivity contribution in [3.05, 3.63) is 52.7 Å². The molecule has 0 atom stereocenters. The average molecular weight is 219 g/mol. The highest BCUT2D eigenvalue weighted by molar-refractivity contribution is 5.69. The van der Waals surface area contributed by atoms with Gasteiger partial charge in [0.2, 0.25) is 5.56 Å². The SMILES string of the molecule is COc1cc(F)ccc1-c1cc[nH]c(=O)c1. The molecular formula is C12H10FNO2. The van der Waals surface area contributed by atoms with Crippen molar-refractivity contribution in [3.8, 4) is 16.9 Å². The molecule has 4 heteroatoms. The van der Waals surface area contributed by atoms with Crippen LogP contribution in [-0.4, -0.2) is 12.1 Å². The molecule has 0 unspecified atom stereocenters. The minimum absolute atomic E-state index is 0.205. The number of pyridine rings is 1. The summed E-state index contributed by atoms with van der Waals surface area (Å²) in [6.45, 7) is 0. The van der Waals surface area contributed by atoms with Gasteiger partial charge >= 0.3 is 0 Å². The minimum atomic E-state index is -0.370. The molecule has 2 aromatic rings. The molecular weight excluding hydrogens is 209 g/mol. The van der Waals surface area contributed by atoms with Crippen LogP contribution < -0.4 is 10.3 Å². The van der Waals surface area contributed by atoms with Crippen molar-refractivity contribution >= 4 is 0 Å². The Morgan fingerprint density at radius 3 is 2.75 bits per heavy atom. The van der Waals surface area contributed by atoms with E-state index in [1.807, 2.05) is 0 Å². The highest BCUT2D eigenvalue weighted by Crippen LogP contribution is 2.29. The Morgan fingerprint density at radius 2 is 2.06 bits per heavy atom. The lowest BCUT2D eigenvalue weighted by molar-refractivity contribution is 0.413. The van der Waals surface area contributed by atoms with E-state index < -0.39 is 0 Å². The third-order valence-electron chi connectivity index (χ3n) is 2.25. The molecule has 16 heavy (non-hydrogen) atoms. The zero-order chi connectivity index (χ0) is 11.5. The molecule has 3 nitrogen and oxygen atoms in total. The summed E-state index contributed by atoms with van der Waals surface area (Å²) in [7, 11) is 1.46. The molecule has 0 aliphatic heterocycles. The van der Waals surface area contributed by atoms with Gasteiger partial charge in [-0.2, -0.15) is 0 Å². The second kappa shape index (κ2) is 4.18. The molecule has 1 aromatic heterocycles. The van der Waals surface area contributed by atoms with Gasteiger partial charge in [0, 0.05) is 23.9 Å². The molecule has 1 N–H and O–H groups in total. The van der Waals surface area contributed by atoms with Crippen LogP contribution >= 0.6 is 0 Å². The molecule has 0 bridgehead atoms. The summed E-state index contributed by atoms with van der Waals surface area (Å²) in [5, 5.41) is 0. The normalized spacial score (nSPS) is 10.1. The van der Waals surface area contributed by atoms with Crippen molar-refractivity contribution in [1.82, 2.24) is 4.98 Å². The average Bonchev–Trinajstić information content (AvgIpc) is 2.28. The van der Waals surface area contributed by atoms with Crippen LogP contribution in [0.2, 0.25) is 0 Å². The van der Waals surface area contributed by atoms with Crippen molar-refractivity contribution in [2.45, 2.75) is 0 Å². The maximum Gasteiger partial charge on any atom is 0.248 e. The van der Waals surface area contributed by atoms with Crippen LogP contribution in [0.15, 0.2) is 41.3 Å². The number of aromatic nitrogens is 1. The fraction of sp³-hybridized carbons (Fsp3) is 0.0833. The van der Waals surface area contributed by atoms with Crippen molar-refractivity contribution < 1.29 is 9.13 Å². The smallest absolute Gasteiger partial charge is 0.248 e. The lowest BCUT2D eigenvalue weighted by Gasteiger charge is -2.07. The summed E-state index contributed by atoms with van der Waals surface area (Å²) >= 11 is 0. The monoisotopic (exact) mass is 219 g/mol. The van der Waals surface area contributed by atoms with Gasteiger partial charge < -0.3 is 9.72 Å². The Kier molecular flexibility index (Phi) is 2.72. The Balaban J connectivity index is 2.59. The summed E-state index contributed by atoms with van der Waals surface area (Å²) in [5.41, 5.74) is 1.18. The molecule has 0 amide bonds. The Bertz CT molecular complexity index is 563. The zero-order valence-corrected chi connectivity index (χ0v) is 8.66. The van der Waals surface area contributed by atoms with Gasteiger partial charge in [0.25, 0.3) is 0 Å². The van der Waals surface area contributed by atoms with Gasteiger partial charge in [-0.25, -0.2) is 4.39 Å². The van der Waals surface area contributed by atoms with Gasteiger partial charge in [0.15, 0.2) is 0 Å². The molecule has 0 spiro atoms. The standard InChI is InChI=1S/C12H10FNO2/c1-16-11-7-9(13)2-3-10(11)8-4-5-14-12(15)6-8/h2-7H,1H3,(H,14,15). The number of rotatable bonds is 2. The van der Waals surface area contributed by atoms with Gasteiger partial charge in [-0.1, -0.05) is 0 Å². The number of hydrogen-bond acceptors (Lipinski definition) is 2. The van der Waals surface area contributed by atoms with Crippen LogP contribution in [-0.2, 0) is 0 Å². The summed E-state index contributed by atoms with van der Waals surface area (Å²) in [4.78, 5) is 13.7. The van der Waals surface area contributed by atoms with Crippen LogP contribution in [0.5, 0.6) is 5.75 Å². The van der Waals surface area contributed by atoms with Crippen LogP contribution in [0.4, 0.5) is 4.39 Å². The number of hydrogen-bond donors (Lipinski definition) is 1. The van der Waals surface area contributed by atoms with E-state index in [0.717, 1.165) is 0 Å². The number of aromatic amines is 1. The number of halogens is 1. The molecule has 82 valence electrons. The molecule has 1 aromatic carbocycles. The van der Waals surface area contributed by atoms with Crippen LogP contribution in [0.1, 0.15) is 0 Å². The Morgan fingerprint density at radius 1 is 1.25 bits per heavy atom. The maximum atomic E-state index is 13.0. The molecule has 0 aliphatic rings. The van der Waals surface area contributed by atoms with E-state index in [0.29, 0.717) is 16.9 Å². The molecule has 1 heterocycles. The first-order chi connectivity index (χ1) is 7.70. The fourth-order valence-electron chi connectivity index (χ4n) is 1.52. The van der Waals surface area contributed by atoms with Crippen LogP contribution in [0.25, 0.3) is 11.1 Å². The topological polar surface area (TPSA) is 42.1 Å². The number of nitrogens with one attached hydrogen (secondary N) is 1. The molecule has 0 fully saturated rings. The third-order valence-corrected chi connectivity index (χ3v) is 2.25. The summed E-state index contributed by atoms with van der Waals surface area (Å²) < 4.78 is 18.0. The van der Waals surface area contributed by atoms with E-state index >= 15 is 0 Å². The minimum Gasteiger partial charge on any atom is -0.496 e. The second-order valence-electron chi connectivity index (χ2n) is 3.29. The molecule has 0 aliphatic carbocycles. The molecule has 0 radical (unpaired) electrons. The van der Waals surface area contributed by atoms with Crippen LogP contribution in [0.3, 0.4) is 0 Å². The number of benzene rings is 1. The predicted octanol–water partition coefficient (Wildman–Crippen LogP) is 2.19. The second-order valence-corrected chi connectivity index (χ2v) is 3.29. The van der Waals surface area contributed by atoms with Gasteiger partial charge in [-0.3, -0.25) is 4.79 Å². The van der Waals surface area contributed by atoms with Gasteiger partial charge in [-0.15, -0.1) is 0 Å². The maximum absolute atomic E-state index is 13.0. The van der Waals surface area contributed by atoms with E-state index in [4.69, 9.17) is 4.74 Å². The molecule has 0 saturated heterocycles. The van der Waals surface area contributed by atoms with Crippen molar-refractivity contribution in [1.29, 1.82) is 0 Å². The van der Waals surface area contributed by atoms with Crippen molar-refractivity contribution in [3.63, 3.8) is 0 Å². The lowest BCUT2D eigenvalue weighted by atomic mass is 10.1. The predicted molar refractivity (Wildman–Crippen MR) is 59.0 cm³/mol. The fourth-order valence-corrected chi connectivity index (χ4v) is 1.52. The molecule has 0 saturated carbocycles. The van der Waals surface area contributed by atoms with E-state index in [1.54, 1.807) is 18.3 Å². The van der Waals surface area contributed by atoms with Gasteiger partial charge in [0.05, 0.1) is 7.11 Å². The van der Waals surface area contributed by atoms with E-state index in [1.165, 1.54) is 25.3 Å². The van der Waals surface area contributed by atoms with E-state index in [9.17, 15) is 9.18 Å². The highest BCUT2D eigenvalue weighted by atomic mass is 19.1. The Labute approximate surface area is 91.5 Å². The number of ether oxygens (including phenoxy) is 1. The van der Waals surface area contributed by atoms with Gasteiger partial charge in [-0.05, 0) is 23.8 Å². The number of methoxy groups -OCH3 is 1. The van der Waals surface area contributed by atoms with Crippen LogP contribution in [0, 0.1) is 5.82 Å². The quantitative estimate of drug-likeness (QED) is 0.841. The van der Waals surface area contributed by atoms with E-state index in [2.05, 4.69) is 4.98 Å².